The zero-order valence-electron chi connectivity index (χ0n) is 15.9. The van der Waals surface area contributed by atoms with Crippen LogP contribution in [0, 0.1) is 5.92 Å². The van der Waals surface area contributed by atoms with E-state index in [1.165, 1.54) is 0 Å². The summed E-state index contributed by atoms with van der Waals surface area (Å²) in [4.78, 5) is 32.9. The maximum absolute atomic E-state index is 12.4. The second-order valence-electron chi connectivity index (χ2n) is 7.18. The van der Waals surface area contributed by atoms with Gasteiger partial charge in [0.25, 0.3) is 5.91 Å². The Kier molecular flexibility index (Phi) is 5.14. The molecule has 7 nitrogen and oxygen atoms in total. The van der Waals surface area contributed by atoms with Gasteiger partial charge < -0.3 is 19.9 Å². The number of nitrogens with zero attached hydrogens (tertiary/aromatic N) is 3. The van der Waals surface area contributed by atoms with Gasteiger partial charge in [0.15, 0.2) is 0 Å². The molecule has 2 fully saturated rings. The smallest absolute Gasteiger partial charge is 0.255 e. The highest BCUT2D eigenvalue weighted by Gasteiger charge is 2.34. The third-order valence-corrected chi connectivity index (χ3v) is 5.22. The molecule has 0 spiro atoms. The Labute approximate surface area is 164 Å². The molecule has 0 unspecified atom stereocenters. The molecule has 1 aliphatic heterocycles. The van der Waals surface area contributed by atoms with E-state index in [4.69, 9.17) is 4.74 Å². The van der Waals surface area contributed by atoms with Gasteiger partial charge >= 0.3 is 0 Å². The van der Waals surface area contributed by atoms with Crippen LogP contribution in [0.2, 0.25) is 0 Å². The zero-order valence-corrected chi connectivity index (χ0v) is 15.9. The first-order valence-electron chi connectivity index (χ1n) is 9.59. The largest absolute Gasteiger partial charge is 0.481 e. The molecule has 2 aromatic rings. The first-order valence-corrected chi connectivity index (χ1v) is 9.59. The molecule has 7 heteroatoms. The van der Waals surface area contributed by atoms with Gasteiger partial charge in [0, 0.05) is 49.4 Å². The molecule has 4 rings (SSSR count). The number of aromatic nitrogens is 1. The number of piperazine rings is 1. The van der Waals surface area contributed by atoms with Crippen LogP contribution < -0.4 is 15.0 Å². The van der Waals surface area contributed by atoms with Gasteiger partial charge in [-0.1, -0.05) is 0 Å². The summed E-state index contributed by atoms with van der Waals surface area (Å²) in [6.45, 7) is 3.17. The summed E-state index contributed by atoms with van der Waals surface area (Å²) < 4.78 is 5.01. The normalized spacial score (nSPS) is 16.6. The van der Waals surface area contributed by atoms with Crippen LogP contribution in [0.3, 0.4) is 0 Å². The lowest BCUT2D eigenvalue weighted by Gasteiger charge is -2.36. The van der Waals surface area contributed by atoms with Crippen molar-refractivity contribution >= 4 is 23.2 Å². The fourth-order valence-electron chi connectivity index (χ4n) is 3.38. The van der Waals surface area contributed by atoms with Crippen LogP contribution in [0.4, 0.5) is 11.4 Å². The Balaban J connectivity index is 1.33. The first kappa shape index (κ1) is 18.3. The van der Waals surface area contributed by atoms with Gasteiger partial charge in [-0.2, -0.15) is 0 Å². The van der Waals surface area contributed by atoms with Crippen molar-refractivity contribution in [2.45, 2.75) is 12.8 Å². The van der Waals surface area contributed by atoms with Crippen molar-refractivity contribution in [3.05, 3.63) is 48.2 Å². The van der Waals surface area contributed by atoms with E-state index in [0.29, 0.717) is 23.0 Å². The zero-order chi connectivity index (χ0) is 19.5. The summed E-state index contributed by atoms with van der Waals surface area (Å²) in [6.07, 6.45) is 3.66. The van der Waals surface area contributed by atoms with Gasteiger partial charge in [0.1, 0.15) is 0 Å². The summed E-state index contributed by atoms with van der Waals surface area (Å²) in [5.41, 5.74) is 2.27. The topological polar surface area (TPSA) is 74.8 Å². The van der Waals surface area contributed by atoms with Gasteiger partial charge in [-0.25, -0.2) is 4.98 Å². The number of methoxy groups -OCH3 is 1. The highest BCUT2D eigenvalue weighted by atomic mass is 16.5. The number of carbonyl (C=O) groups is 2. The second-order valence-corrected chi connectivity index (χ2v) is 7.18. The second kappa shape index (κ2) is 7.88. The molecular formula is C21H24N4O3. The lowest BCUT2D eigenvalue weighted by atomic mass is 10.1. The third kappa shape index (κ3) is 4.08. The number of hydrogen-bond donors (Lipinski definition) is 1. The molecule has 0 atom stereocenters. The average molecular weight is 380 g/mol. The molecule has 1 saturated heterocycles. The molecule has 0 radical (unpaired) electrons. The summed E-state index contributed by atoms with van der Waals surface area (Å²) >= 11 is 0. The SMILES string of the molecule is COc1ccc(NC(=O)c2ccc(N3CCN(C(=O)C4CC4)CC3)cc2)cn1. The van der Waals surface area contributed by atoms with Gasteiger partial charge in [0.05, 0.1) is 19.0 Å². The van der Waals surface area contributed by atoms with Crippen molar-refractivity contribution in [3.63, 3.8) is 0 Å². The maximum Gasteiger partial charge on any atom is 0.255 e. The van der Waals surface area contributed by atoms with E-state index in [-0.39, 0.29) is 11.8 Å². The van der Waals surface area contributed by atoms with Crippen LogP contribution in [0.25, 0.3) is 0 Å². The standard InChI is InChI=1S/C21H24N4O3/c1-28-19-9-6-17(14-22-19)23-20(26)15-4-7-18(8-5-15)24-10-12-25(13-11-24)21(27)16-2-3-16/h4-9,14,16H,2-3,10-13H2,1H3,(H,23,26). The lowest BCUT2D eigenvalue weighted by molar-refractivity contribution is -0.132. The van der Waals surface area contributed by atoms with Crippen molar-refractivity contribution in [2.75, 3.05) is 43.5 Å². The molecule has 2 aliphatic rings. The van der Waals surface area contributed by atoms with Crippen LogP contribution in [-0.4, -0.2) is 55.0 Å². The average Bonchev–Trinajstić information content (AvgIpc) is 3.59. The summed E-state index contributed by atoms with van der Waals surface area (Å²) in [5, 5.41) is 2.83. The highest BCUT2D eigenvalue weighted by molar-refractivity contribution is 6.04. The number of rotatable bonds is 5. The van der Waals surface area contributed by atoms with E-state index in [9.17, 15) is 9.59 Å². The predicted molar refractivity (Wildman–Crippen MR) is 107 cm³/mol. The Bertz CT molecular complexity index is 839. The maximum atomic E-state index is 12.4. The summed E-state index contributed by atoms with van der Waals surface area (Å²) in [5.74, 6) is 0.921. The molecule has 1 aliphatic carbocycles. The van der Waals surface area contributed by atoms with Crippen molar-refractivity contribution < 1.29 is 14.3 Å². The fraction of sp³-hybridized carbons (Fsp3) is 0.381. The van der Waals surface area contributed by atoms with Crippen LogP contribution in [0.5, 0.6) is 5.88 Å². The Morgan fingerprint density at radius 1 is 1.04 bits per heavy atom. The minimum Gasteiger partial charge on any atom is -0.481 e. The molecule has 146 valence electrons. The summed E-state index contributed by atoms with van der Waals surface area (Å²) in [6, 6.07) is 11.0. The molecule has 2 amide bonds. The summed E-state index contributed by atoms with van der Waals surface area (Å²) in [7, 11) is 1.55. The molecule has 2 heterocycles. The number of ether oxygens (including phenoxy) is 1. The van der Waals surface area contributed by atoms with E-state index in [1.807, 2.05) is 29.2 Å². The Morgan fingerprint density at radius 2 is 1.75 bits per heavy atom. The van der Waals surface area contributed by atoms with Gasteiger partial charge in [0.2, 0.25) is 11.8 Å². The molecular weight excluding hydrogens is 356 g/mol. The molecule has 1 aromatic carbocycles. The quantitative estimate of drug-likeness (QED) is 0.862. The number of hydrogen-bond acceptors (Lipinski definition) is 5. The van der Waals surface area contributed by atoms with E-state index >= 15 is 0 Å². The van der Waals surface area contributed by atoms with Crippen LogP contribution in [0.1, 0.15) is 23.2 Å². The highest BCUT2D eigenvalue weighted by Crippen LogP contribution is 2.31. The molecule has 1 saturated carbocycles. The molecule has 1 N–H and O–H groups in total. The van der Waals surface area contributed by atoms with E-state index in [1.54, 1.807) is 25.4 Å². The molecule has 0 bridgehead atoms. The monoisotopic (exact) mass is 380 g/mol. The van der Waals surface area contributed by atoms with E-state index in [0.717, 1.165) is 44.7 Å². The number of carbonyl (C=O) groups excluding carboxylic acids is 2. The van der Waals surface area contributed by atoms with Crippen LogP contribution in [0.15, 0.2) is 42.6 Å². The molecule has 1 aromatic heterocycles. The van der Waals surface area contributed by atoms with Crippen molar-refractivity contribution in [1.82, 2.24) is 9.88 Å². The predicted octanol–water partition coefficient (Wildman–Crippen LogP) is 2.40. The van der Waals surface area contributed by atoms with E-state index < -0.39 is 0 Å². The first-order chi connectivity index (χ1) is 13.6. The minimum absolute atomic E-state index is 0.182. The van der Waals surface area contributed by atoms with Crippen molar-refractivity contribution in [2.24, 2.45) is 5.92 Å². The van der Waals surface area contributed by atoms with Crippen LogP contribution in [-0.2, 0) is 4.79 Å². The van der Waals surface area contributed by atoms with Gasteiger partial charge in [-0.3, -0.25) is 9.59 Å². The number of pyridine rings is 1. The Hall–Kier alpha value is -3.09. The lowest BCUT2D eigenvalue weighted by Crippen LogP contribution is -2.49. The number of nitrogens with one attached hydrogen (secondary N) is 1. The minimum atomic E-state index is -0.182. The van der Waals surface area contributed by atoms with E-state index in [2.05, 4.69) is 15.2 Å². The number of amides is 2. The van der Waals surface area contributed by atoms with Gasteiger partial charge in [-0.15, -0.1) is 0 Å². The third-order valence-electron chi connectivity index (χ3n) is 5.22. The van der Waals surface area contributed by atoms with Crippen LogP contribution >= 0.6 is 0 Å². The van der Waals surface area contributed by atoms with Crippen molar-refractivity contribution in [3.8, 4) is 5.88 Å². The Morgan fingerprint density at radius 3 is 2.32 bits per heavy atom. The number of benzene rings is 1. The van der Waals surface area contributed by atoms with Crippen molar-refractivity contribution in [1.29, 1.82) is 0 Å². The fourth-order valence-corrected chi connectivity index (χ4v) is 3.38. The number of anilines is 2. The van der Waals surface area contributed by atoms with Gasteiger partial charge in [-0.05, 0) is 43.2 Å². The molecule has 28 heavy (non-hydrogen) atoms.